The summed E-state index contributed by atoms with van der Waals surface area (Å²) in [7, 11) is 0. The molecule has 0 saturated carbocycles. The first kappa shape index (κ1) is 17.8. The zero-order chi connectivity index (χ0) is 16.9. The number of nitrogens with zero attached hydrogens (tertiary/aromatic N) is 3. The third-order valence-electron chi connectivity index (χ3n) is 4.20. The zero-order valence-electron chi connectivity index (χ0n) is 14.4. The molecule has 2 rings (SSSR count). The Balaban J connectivity index is 2.02. The molecule has 0 radical (unpaired) electrons. The molecule has 0 bridgehead atoms. The number of hydrogen-bond acceptors (Lipinski definition) is 5. The molecule has 1 saturated heterocycles. The van der Waals surface area contributed by atoms with Crippen molar-refractivity contribution in [3.05, 3.63) is 35.9 Å². The molecule has 0 N–H and O–H groups in total. The summed E-state index contributed by atoms with van der Waals surface area (Å²) in [5, 5.41) is 9.26. The Morgan fingerprint density at radius 2 is 1.83 bits per heavy atom. The van der Waals surface area contributed by atoms with E-state index in [2.05, 4.69) is 36.4 Å². The Morgan fingerprint density at radius 3 is 2.39 bits per heavy atom. The molecular weight excluding hydrogens is 306 g/mol. The van der Waals surface area contributed by atoms with E-state index in [4.69, 9.17) is 4.74 Å². The fourth-order valence-corrected chi connectivity index (χ4v) is 3.95. The topological polar surface area (TPSA) is 48.6 Å². The summed E-state index contributed by atoms with van der Waals surface area (Å²) in [5.74, 6) is 0.121. The quantitative estimate of drug-likeness (QED) is 0.454. The lowest BCUT2D eigenvalue weighted by Gasteiger charge is -2.50. The van der Waals surface area contributed by atoms with Crippen LogP contribution >= 0.6 is 12.1 Å². The van der Waals surface area contributed by atoms with Gasteiger partial charge in [-0.15, -0.1) is 0 Å². The number of hydrogen-bond donors (Lipinski definition) is 0. The Labute approximate surface area is 143 Å². The van der Waals surface area contributed by atoms with E-state index in [0.29, 0.717) is 6.61 Å². The van der Waals surface area contributed by atoms with Crippen LogP contribution in [0, 0.1) is 11.3 Å². The number of benzene rings is 1. The highest BCUT2D eigenvalue weighted by Gasteiger charge is 2.42. The van der Waals surface area contributed by atoms with E-state index in [0.717, 1.165) is 18.4 Å². The molecule has 1 fully saturated rings. The molecule has 0 amide bonds. The van der Waals surface area contributed by atoms with Crippen LogP contribution in [0.15, 0.2) is 34.7 Å². The molecule has 4 nitrogen and oxygen atoms in total. The highest BCUT2D eigenvalue weighted by molar-refractivity contribution is 7.96. The molecule has 0 spiro atoms. The number of piperidine rings is 1. The molecule has 124 valence electrons. The predicted molar refractivity (Wildman–Crippen MR) is 95.7 cm³/mol. The SMILES string of the molecule is CC1(C)CCCC(C)(C)N1S/N=C(\C#N)OCc1ccccc1. The monoisotopic (exact) mass is 331 g/mol. The van der Waals surface area contributed by atoms with Gasteiger partial charge in [-0.05, 0) is 52.5 Å². The molecule has 0 atom stereocenters. The van der Waals surface area contributed by atoms with Crippen molar-refractivity contribution in [3.8, 4) is 6.07 Å². The van der Waals surface area contributed by atoms with Crippen LogP contribution < -0.4 is 0 Å². The van der Waals surface area contributed by atoms with E-state index in [9.17, 15) is 5.26 Å². The largest absolute Gasteiger partial charge is 0.465 e. The highest BCUT2D eigenvalue weighted by Crippen LogP contribution is 2.43. The molecule has 1 heterocycles. The summed E-state index contributed by atoms with van der Waals surface area (Å²) in [6, 6.07) is 11.9. The summed E-state index contributed by atoms with van der Waals surface area (Å²) in [5.41, 5.74) is 1.13. The van der Waals surface area contributed by atoms with Crippen molar-refractivity contribution in [1.82, 2.24) is 4.31 Å². The zero-order valence-corrected chi connectivity index (χ0v) is 15.2. The average molecular weight is 331 g/mol. The van der Waals surface area contributed by atoms with Gasteiger partial charge in [0.05, 0.1) is 12.1 Å². The molecule has 23 heavy (non-hydrogen) atoms. The average Bonchev–Trinajstić information content (AvgIpc) is 2.49. The van der Waals surface area contributed by atoms with E-state index in [1.165, 1.54) is 18.6 Å². The smallest absolute Gasteiger partial charge is 0.303 e. The molecule has 0 aliphatic carbocycles. The summed E-state index contributed by atoms with van der Waals surface area (Å²) in [6.07, 6.45) is 3.48. The number of ether oxygens (including phenoxy) is 1. The van der Waals surface area contributed by atoms with Gasteiger partial charge >= 0.3 is 5.90 Å². The van der Waals surface area contributed by atoms with Crippen molar-refractivity contribution in [2.24, 2.45) is 4.40 Å². The van der Waals surface area contributed by atoms with Crippen LogP contribution in [0.2, 0.25) is 0 Å². The molecule has 1 aliphatic rings. The molecule has 0 aromatic heterocycles. The first-order valence-electron chi connectivity index (χ1n) is 7.97. The summed E-state index contributed by atoms with van der Waals surface area (Å²) >= 11 is 1.35. The summed E-state index contributed by atoms with van der Waals surface area (Å²) in [4.78, 5) is 0. The van der Waals surface area contributed by atoms with E-state index >= 15 is 0 Å². The van der Waals surface area contributed by atoms with Crippen molar-refractivity contribution in [2.75, 3.05) is 0 Å². The Hall–Kier alpha value is -1.51. The van der Waals surface area contributed by atoms with Crippen LogP contribution in [0.5, 0.6) is 0 Å². The van der Waals surface area contributed by atoms with E-state index in [1.54, 1.807) is 0 Å². The fraction of sp³-hybridized carbons (Fsp3) is 0.556. The molecule has 0 unspecified atom stereocenters. The summed E-state index contributed by atoms with van der Waals surface area (Å²) < 4.78 is 12.2. The van der Waals surface area contributed by atoms with Crippen LogP contribution in [0.4, 0.5) is 0 Å². The van der Waals surface area contributed by atoms with Gasteiger partial charge < -0.3 is 4.74 Å². The lowest BCUT2D eigenvalue weighted by Crippen LogP contribution is -2.54. The Morgan fingerprint density at radius 1 is 1.22 bits per heavy atom. The standard InChI is InChI=1S/C18H25N3OS/c1-17(2)11-8-12-18(3,4)21(17)23-20-16(13-19)22-14-15-9-6-5-7-10-15/h5-7,9-10H,8,11-12,14H2,1-4H3/b20-16+. The minimum absolute atomic E-state index is 0.0515. The predicted octanol–water partition coefficient (Wildman–Crippen LogP) is 4.73. The minimum Gasteiger partial charge on any atom is -0.465 e. The van der Waals surface area contributed by atoms with Crippen molar-refractivity contribution in [1.29, 1.82) is 5.26 Å². The second-order valence-electron chi connectivity index (χ2n) is 7.14. The van der Waals surface area contributed by atoms with Crippen molar-refractivity contribution in [3.63, 3.8) is 0 Å². The van der Waals surface area contributed by atoms with Crippen molar-refractivity contribution >= 4 is 18.0 Å². The van der Waals surface area contributed by atoms with Gasteiger partial charge in [0.2, 0.25) is 0 Å². The maximum atomic E-state index is 9.26. The number of rotatable bonds is 4. The van der Waals surface area contributed by atoms with Crippen LogP contribution in [-0.2, 0) is 11.3 Å². The third kappa shape index (κ3) is 4.73. The molecule has 1 aromatic carbocycles. The van der Waals surface area contributed by atoms with Gasteiger partial charge in [-0.2, -0.15) is 9.66 Å². The van der Waals surface area contributed by atoms with Crippen LogP contribution in [0.3, 0.4) is 0 Å². The van der Waals surface area contributed by atoms with Gasteiger partial charge in [-0.25, -0.2) is 4.31 Å². The van der Waals surface area contributed by atoms with E-state index < -0.39 is 0 Å². The Bertz CT molecular complexity index is 574. The third-order valence-corrected chi connectivity index (χ3v) is 5.60. The van der Waals surface area contributed by atoms with E-state index in [-0.39, 0.29) is 17.0 Å². The summed E-state index contributed by atoms with van der Waals surface area (Å²) in [6.45, 7) is 9.28. The first-order chi connectivity index (χ1) is 10.8. The normalized spacial score (nSPS) is 20.7. The first-order valence-corrected chi connectivity index (χ1v) is 8.70. The van der Waals surface area contributed by atoms with Crippen molar-refractivity contribution in [2.45, 2.75) is 64.6 Å². The van der Waals surface area contributed by atoms with Gasteiger partial charge in [-0.3, -0.25) is 0 Å². The Kier molecular flexibility index (Phi) is 5.72. The maximum Gasteiger partial charge on any atom is 0.303 e. The van der Waals surface area contributed by atoms with Gasteiger partial charge in [-0.1, -0.05) is 30.3 Å². The van der Waals surface area contributed by atoms with Crippen LogP contribution in [0.1, 0.15) is 52.5 Å². The molecular formula is C18H25N3OS. The molecule has 1 aromatic rings. The highest BCUT2D eigenvalue weighted by atomic mass is 32.2. The second kappa shape index (κ2) is 7.37. The molecule has 1 aliphatic heterocycles. The van der Waals surface area contributed by atoms with Crippen LogP contribution in [0.25, 0.3) is 0 Å². The number of nitriles is 1. The van der Waals surface area contributed by atoms with Gasteiger partial charge in [0.15, 0.2) is 6.07 Å². The minimum atomic E-state index is 0.0515. The van der Waals surface area contributed by atoms with Gasteiger partial charge in [0.1, 0.15) is 6.61 Å². The fourth-order valence-electron chi connectivity index (χ4n) is 3.08. The van der Waals surface area contributed by atoms with Crippen molar-refractivity contribution < 1.29 is 4.74 Å². The van der Waals surface area contributed by atoms with Crippen LogP contribution in [-0.4, -0.2) is 21.3 Å². The lowest BCUT2D eigenvalue weighted by molar-refractivity contribution is 0.0677. The lowest BCUT2D eigenvalue weighted by atomic mass is 9.83. The van der Waals surface area contributed by atoms with E-state index in [1.807, 2.05) is 36.4 Å². The second-order valence-corrected chi connectivity index (χ2v) is 7.85. The maximum absolute atomic E-state index is 9.26. The van der Waals surface area contributed by atoms with Gasteiger partial charge in [0.25, 0.3) is 0 Å². The molecule has 5 heteroatoms. The van der Waals surface area contributed by atoms with Gasteiger partial charge in [0, 0.05) is 11.1 Å².